The first kappa shape index (κ1) is 14.0. The smallest absolute Gasteiger partial charge is 0.258 e. The highest BCUT2D eigenvalue weighted by Gasteiger charge is 2.10. The molecule has 3 aromatic rings. The van der Waals surface area contributed by atoms with E-state index >= 15 is 0 Å². The van der Waals surface area contributed by atoms with Gasteiger partial charge in [-0.2, -0.15) is 5.26 Å². The lowest BCUT2D eigenvalue weighted by molar-refractivity contribution is 0.100. The predicted octanol–water partition coefficient (Wildman–Crippen LogP) is 2.85. The molecule has 0 bridgehead atoms. The second-order valence-corrected chi connectivity index (χ2v) is 5.69. The van der Waals surface area contributed by atoms with Crippen molar-refractivity contribution < 1.29 is 9.53 Å². The fourth-order valence-corrected chi connectivity index (χ4v) is 2.97. The molecule has 3 rings (SSSR count). The van der Waals surface area contributed by atoms with E-state index in [4.69, 9.17) is 15.7 Å². The van der Waals surface area contributed by atoms with Crippen LogP contribution in [0.3, 0.4) is 0 Å². The Hall–Kier alpha value is -2.91. The molecule has 0 aliphatic heterocycles. The van der Waals surface area contributed by atoms with Crippen LogP contribution in [0.5, 0.6) is 5.75 Å². The molecule has 0 atom stereocenters. The summed E-state index contributed by atoms with van der Waals surface area (Å²) in [6, 6.07) is 10.7. The van der Waals surface area contributed by atoms with E-state index in [0.29, 0.717) is 22.8 Å². The van der Waals surface area contributed by atoms with Gasteiger partial charge in [0.25, 0.3) is 5.91 Å². The van der Waals surface area contributed by atoms with E-state index in [2.05, 4.69) is 11.1 Å². The maximum Gasteiger partial charge on any atom is 0.258 e. The molecule has 2 N–H and O–H groups in total. The van der Waals surface area contributed by atoms with Crippen molar-refractivity contribution in [3.8, 4) is 11.8 Å². The second-order valence-electron chi connectivity index (χ2n) is 4.61. The van der Waals surface area contributed by atoms with E-state index in [1.54, 1.807) is 42.7 Å². The van der Waals surface area contributed by atoms with Crippen molar-refractivity contribution in [3.05, 3.63) is 58.7 Å². The van der Waals surface area contributed by atoms with E-state index in [-0.39, 0.29) is 0 Å². The fourth-order valence-electron chi connectivity index (χ4n) is 2.04. The highest BCUT2D eigenvalue weighted by molar-refractivity contribution is 7.20. The van der Waals surface area contributed by atoms with Crippen LogP contribution in [0.4, 0.5) is 0 Å². The minimum atomic E-state index is -0.444. The number of pyridine rings is 1. The van der Waals surface area contributed by atoms with Gasteiger partial charge in [-0.25, -0.2) is 0 Å². The van der Waals surface area contributed by atoms with Gasteiger partial charge in [-0.3, -0.25) is 9.78 Å². The first-order chi connectivity index (χ1) is 10.7. The van der Waals surface area contributed by atoms with Gasteiger partial charge in [0.05, 0.1) is 21.2 Å². The normalized spacial score (nSPS) is 10.3. The lowest BCUT2D eigenvalue weighted by Gasteiger charge is -2.06. The standard InChI is InChI=1S/C16H11N3O2S/c17-6-10-1-3-12(4-2-10)21-9-11-7-19-8-15-13(11)5-14(22-15)16(18)20/h1-5,7-8H,9H2,(H2,18,20). The van der Waals surface area contributed by atoms with Gasteiger partial charge in [0.1, 0.15) is 12.4 Å². The lowest BCUT2D eigenvalue weighted by Crippen LogP contribution is -2.08. The van der Waals surface area contributed by atoms with Gasteiger partial charge in [-0.05, 0) is 30.3 Å². The van der Waals surface area contributed by atoms with Crippen LogP contribution in [0.2, 0.25) is 0 Å². The highest BCUT2D eigenvalue weighted by Crippen LogP contribution is 2.28. The number of carbonyl (C=O) groups excluding carboxylic acids is 1. The van der Waals surface area contributed by atoms with Gasteiger partial charge in [0, 0.05) is 23.3 Å². The van der Waals surface area contributed by atoms with Crippen LogP contribution in [-0.2, 0) is 6.61 Å². The Kier molecular flexibility index (Phi) is 3.73. The third kappa shape index (κ3) is 2.75. The molecule has 0 aliphatic rings. The first-order valence-electron chi connectivity index (χ1n) is 6.46. The van der Waals surface area contributed by atoms with Crippen LogP contribution in [0.15, 0.2) is 42.7 Å². The zero-order chi connectivity index (χ0) is 15.5. The van der Waals surface area contributed by atoms with E-state index in [1.807, 2.05) is 0 Å². The molecule has 6 heteroatoms. The van der Waals surface area contributed by atoms with E-state index in [0.717, 1.165) is 15.6 Å². The Balaban J connectivity index is 1.84. The van der Waals surface area contributed by atoms with E-state index in [1.165, 1.54) is 11.3 Å². The minimum Gasteiger partial charge on any atom is -0.489 e. The van der Waals surface area contributed by atoms with Crippen molar-refractivity contribution in [3.63, 3.8) is 0 Å². The van der Waals surface area contributed by atoms with Crippen LogP contribution < -0.4 is 10.5 Å². The number of nitrogens with zero attached hydrogens (tertiary/aromatic N) is 2. The molecule has 0 saturated heterocycles. The molecule has 0 saturated carbocycles. The van der Waals surface area contributed by atoms with Crippen LogP contribution in [0.1, 0.15) is 20.8 Å². The average Bonchev–Trinajstić information content (AvgIpc) is 2.98. The van der Waals surface area contributed by atoms with Crippen molar-refractivity contribution in [2.75, 3.05) is 0 Å². The number of hydrogen-bond acceptors (Lipinski definition) is 5. The van der Waals surface area contributed by atoms with Gasteiger partial charge in [-0.15, -0.1) is 11.3 Å². The number of fused-ring (bicyclic) bond motifs is 1. The minimum absolute atomic E-state index is 0.325. The molecule has 108 valence electrons. The lowest BCUT2D eigenvalue weighted by atomic mass is 10.2. The molecule has 1 aromatic carbocycles. The van der Waals surface area contributed by atoms with Crippen LogP contribution in [0, 0.1) is 11.3 Å². The Morgan fingerprint density at radius 3 is 2.77 bits per heavy atom. The summed E-state index contributed by atoms with van der Waals surface area (Å²) in [7, 11) is 0. The summed E-state index contributed by atoms with van der Waals surface area (Å²) in [5, 5.41) is 9.69. The molecule has 0 aliphatic carbocycles. The maximum absolute atomic E-state index is 11.3. The van der Waals surface area contributed by atoms with Crippen molar-refractivity contribution >= 4 is 27.3 Å². The van der Waals surface area contributed by atoms with E-state index in [9.17, 15) is 4.79 Å². The molecule has 5 nitrogen and oxygen atoms in total. The van der Waals surface area contributed by atoms with Crippen LogP contribution in [0.25, 0.3) is 10.1 Å². The predicted molar refractivity (Wildman–Crippen MR) is 83.6 cm³/mol. The third-order valence-corrected chi connectivity index (χ3v) is 4.23. The molecule has 22 heavy (non-hydrogen) atoms. The topological polar surface area (TPSA) is 89.0 Å². The Labute approximate surface area is 130 Å². The number of nitriles is 1. The number of amides is 1. The van der Waals surface area contributed by atoms with Gasteiger partial charge in [0.15, 0.2) is 0 Å². The third-order valence-electron chi connectivity index (χ3n) is 3.15. The molecule has 1 amide bonds. The zero-order valence-electron chi connectivity index (χ0n) is 11.4. The van der Waals surface area contributed by atoms with Crippen LogP contribution >= 0.6 is 11.3 Å². The Morgan fingerprint density at radius 2 is 2.09 bits per heavy atom. The summed E-state index contributed by atoms with van der Waals surface area (Å²) < 4.78 is 6.61. The fraction of sp³-hybridized carbons (Fsp3) is 0.0625. The average molecular weight is 309 g/mol. The Morgan fingerprint density at radius 1 is 1.32 bits per heavy atom. The highest BCUT2D eigenvalue weighted by atomic mass is 32.1. The van der Waals surface area contributed by atoms with Crippen molar-refractivity contribution in [2.24, 2.45) is 5.73 Å². The van der Waals surface area contributed by atoms with Gasteiger partial charge >= 0.3 is 0 Å². The second kappa shape index (κ2) is 5.84. The molecular weight excluding hydrogens is 298 g/mol. The van der Waals surface area contributed by atoms with Gasteiger partial charge in [-0.1, -0.05) is 0 Å². The Bertz CT molecular complexity index is 879. The summed E-state index contributed by atoms with van der Waals surface area (Å²) in [4.78, 5) is 15.9. The molecule has 2 aromatic heterocycles. The first-order valence-corrected chi connectivity index (χ1v) is 7.28. The molecule has 0 radical (unpaired) electrons. The maximum atomic E-state index is 11.3. The number of hydrogen-bond donors (Lipinski definition) is 1. The summed E-state index contributed by atoms with van der Waals surface area (Å²) in [6.07, 6.45) is 3.42. The molecule has 2 heterocycles. The molecule has 0 unspecified atom stereocenters. The summed E-state index contributed by atoms with van der Waals surface area (Å²) in [6.45, 7) is 0.325. The van der Waals surface area contributed by atoms with Gasteiger partial charge in [0.2, 0.25) is 0 Å². The van der Waals surface area contributed by atoms with E-state index < -0.39 is 5.91 Å². The zero-order valence-corrected chi connectivity index (χ0v) is 12.3. The van der Waals surface area contributed by atoms with Gasteiger partial charge < -0.3 is 10.5 Å². The number of benzene rings is 1. The number of ether oxygens (including phenoxy) is 1. The number of primary amides is 1. The number of rotatable bonds is 4. The number of nitrogens with two attached hydrogens (primary N) is 1. The van der Waals surface area contributed by atoms with Crippen molar-refractivity contribution in [1.29, 1.82) is 5.26 Å². The SMILES string of the molecule is N#Cc1ccc(OCc2cncc3sc(C(N)=O)cc23)cc1. The largest absolute Gasteiger partial charge is 0.489 e. The number of carbonyl (C=O) groups is 1. The van der Waals surface area contributed by atoms with Crippen LogP contribution in [-0.4, -0.2) is 10.9 Å². The monoisotopic (exact) mass is 309 g/mol. The summed E-state index contributed by atoms with van der Waals surface area (Å²) in [5.41, 5.74) is 6.78. The van der Waals surface area contributed by atoms with Crippen molar-refractivity contribution in [2.45, 2.75) is 6.61 Å². The molecule has 0 fully saturated rings. The summed E-state index contributed by atoms with van der Waals surface area (Å²) in [5.74, 6) is 0.224. The molecule has 0 spiro atoms. The number of aromatic nitrogens is 1. The van der Waals surface area contributed by atoms with Crippen molar-refractivity contribution in [1.82, 2.24) is 4.98 Å². The quantitative estimate of drug-likeness (QED) is 0.802. The molecular formula is C16H11N3O2S. The summed E-state index contributed by atoms with van der Waals surface area (Å²) >= 11 is 1.32. The number of thiophene rings is 1.